The second-order valence-electron chi connectivity index (χ2n) is 7.26. The van der Waals surface area contributed by atoms with Gasteiger partial charge in [0.25, 0.3) is 5.69 Å². The molecule has 3 aromatic rings. The zero-order chi connectivity index (χ0) is 24.2. The number of hydrogen-bond acceptors (Lipinski definition) is 8. The second-order valence-corrected chi connectivity index (χ2v) is 7.69. The summed E-state index contributed by atoms with van der Waals surface area (Å²) in [6, 6.07) is 20.3. The second kappa shape index (κ2) is 9.80. The first kappa shape index (κ1) is 23.1. The number of non-ortho nitro benzene ring substituents is 1. The van der Waals surface area contributed by atoms with Gasteiger partial charge >= 0.3 is 5.97 Å². The summed E-state index contributed by atoms with van der Waals surface area (Å²) in [7, 11) is 1.57. The molecule has 1 aliphatic heterocycles. The van der Waals surface area contributed by atoms with Gasteiger partial charge in [0, 0.05) is 22.8 Å². The number of hydrogen-bond donors (Lipinski definition) is 0. The van der Waals surface area contributed by atoms with E-state index in [-0.39, 0.29) is 18.1 Å². The van der Waals surface area contributed by atoms with Crippen LogP contribution in [-0.2, 0) is 9.53 Å². The lowest BCUT2D eigenvalue weighted by atomic mass is 10.1. The standard InChI is InChI=1S/C24H21ClN4O5/c1-3-34-24(30)22-26-28(19-10-6-17(25)7-11-19)23(16-4-8-20(9-5-16)29(31)32)27(22)18-12-14-21(33-2)15-13-18/h4-15,23H,3H2,1-2H3/t23-/m1/s1. The average molecular weight is 481 g/mol. The third-order valence-electron chi connectivity index (χ3n) is 5.21. The van der Waals surface area contributed by atoms with Crippen LogP contribution in [0.2, 0.25) is 5.02 Å². The molecule has 0 bridgehead atoms. The molecule has 0 saturated heterocycles. The van der Waals surface area contributed by atoms with E-state index in [4.69, 9.17) is 21.1 Å². The fraction of sp³-hybridized carbons (Fsp3) is 0.167. The van der Waals surface area contributed by atoms with Gasteiger partial charge in [-0.05, 0) is 73.2 Å². The SMILES string of the molecule is CCOC(=O)C1=NN(c2ccc(Cl)cc2)[C@H](c2ccc([N+](=O)[O-])cc2)N1c1ccc(OC)cc1. The highest BCUT2D eigenvalue weighted by Crippen LogP contribution is 2.40. The normalized spacial score (nSPS) is 15.1. The lowest BCUT2D eigenvalue weighted by molar-refractivity contribution is -0.384. The van der Waals surface area contributed by atoms with E-state index in [1.807, 2.05) is 0 Å². The topological polar surface area (TPSA) is 97.5 Å². The number of nitro groups is 1. The molecule has 0 saturated carbocycles. The molecule has 0 fully saturated rings. The van der Waals surface area contributed by atoms with Gasteiger partial charge in [-0.2, -0.15) is 0 Å². The molecule has 0 radical (unpaired) electrons. The minimum absolute atomic E-state index is 0.0395. The van der Waals surface area contributed by atoms with Crippen molar-refractivity contribution in [1.82, 2.24) is 0 Å². The summed E-state index contributed by atoms with van der Waals surface area (Å²) >= 11 is 6.08. The van der Waals surface area contributed by atoms with Crippen molar-refractivity contribution in [2.24, 2.45) is 5.10 Å². The largest absolute Gasteiger partial charge is 0.497 e. The number of rotatable bonds is 7. The number of carbonyl (C=O) groups is 1. The Morgan fingerprint density at radius 3 is 2.21 bits per heavy atom. The monoisotopic (exact) mass is 480 g/mol. The molecule has 0 spiro atoms. The van der Waals surface area contributed by atoms with Gasteiger partial charge < -0.3 is 9.47 Å². The predicted octanol–water partition coefficient (Wildman–Crippen LogP) is 5.16. The zero-order valence-corrected chi connectivity index (χ0v) is 19.2. The van der Waals surface area contributed by atoms with Gasteiger partial charge in [-0.1, -0.05) is 11.6 Å². The quantitative estimate of drug-likeness (QED) is 0.262. The number of esters is 1. The van der Waals surface area contributed by atoms with Gasteiger partial charge in [0.15, 0.2) is 6.17 Å². The van der Waals surface area contributed by atoms with E-state index in [0.29, 0.717) is 27.7 Å². The molecule has 1 aliphatic rings. The molecule has 34 heavy (non-hydrogen) atoms. The molecule has 1 heterocycles. The van der Waals surface area contributed by atoms with E-state index < -0.39 is 17.1 Å². The van der Waals surface area contributed by atoms with Crippen LogP contribution >= 0.6 is 11.6 Å². The average Bonchev–Trinajstić information content (AvgIpc) is 3.25. The van der Waals surface area contributed by atoms with Crippen LogP contribution in [0, 0.1) is 10.1 Å². The van der Waals surface area contributed by atoms with E-state index in [1.54, 1.807) is 84.6 Å². The number of methoxy groups -OCH3 is 1. The number of hydrazone groups is 1. The Labute approximate surface area is 200 Å². The Kier molecular flexibility index (Phi) is 6.65. The first-order valence-electron chi connectivity index (χ1n) is 10.4. The maximum Gasteiger partial charge on any atom is 0.376 e. The van der Waals surface area contributed by atoms with Crippen LogP contribution in [-0.4, -0.2) is 30.4 Å². The van der Waals surface area contributed by atoms with Crippen molar-refractivity contribution >= 4 is 40.5 Å². The van der Waals surface area contributed by atoms with Gasteiger partial charge in [-0.3, -0.25) is 15.0 Å². The Morgan fingerprint density at radius 1 is 1.03 bits per heavy atom. The smallest absolute Gasteiger partial charge is 0.376 e. The first-order chi connectivity index (χ1) is 16.4. The Morgan fingerprint density at radius 2 is 1.65 bits per heavy atom. The number of carbonyl (C=O) groups excluding carboxylic acids is 1. The zero-order valence-electron chi connectivity index (χ0n) is 18.4. The van der Waals surface area contributed by atoms with Crippen molar-refractivity contribution in [3.8, 4) is 5.75 Å². The highest BCUT2D eigenvalue weighted by atomic mass is 35.5. The highest BCUT2D eigenvalue weighted by molar-refractivity contribution is 6.42. The Hall–Kier alpha value is -4.11. The van der Waals surface area contributed by atoms with Crippen LogP contribution in [0.1, 0.15) is 18.7 Å². The van der Waals surface area contributed by atoms with E-state index >= 15 is 0 Å². The molecule has 0 amide bonds. The van der Waals surface area contributed by atoms with Gasteiger partial charge in [-0.25, -0.2) is 9.80 Å². The number of amidine groups is 1. The van der Waals surface area contributed by atoms with Crippen molar-refractivity contribution in [3.05, 3.63) is 93.5 Å². The molecular weight excluding hydrogens is 460 g/mol. The molecular formula is C24H21ClN4O5. The van der Waals surface area contributed by atoms with E-state index in [9.17, 15) is 14.9 Å². The van der Waals surface area contributed by atoms with Crippen molar-refractivity contribution in [2.45, 2.75) is 13.1 Å². The number of benzene rings is 3. The number of anilines is 2. The molecule has 0 unspecified atom stereocenters. The van der Waals surface area contributed by atoms with Gasteiger partial charge in [0.05, 0.1) is 24.3 Å². The fourth-order valence-electron chi connectivity index (χ4n) is 3.62. The van der Waals surface area contributed by atoms with Crippen LogP contribution < -0.4 is 14.6 Å². The van der Waals surface area contributed by atoms with Crippen LogP contribution in [0.25, 0.3) is 0 Å². The van der Waals surface area contributed by atoms with E-state index in [1.165, 1.54) is 12.1 Å². The lowest BCUT2D eigenvalue weighted by Gasteiger charge is -2.32. The summed E-state index contributed by atoms with van der Waals surface area (Å²) in [5, 5.41) is 18.0. The molecule has 0 aliphatic carbocycles. The maximum absolute atomic E-state index is 12.9. The van der Waals surface area contributed by atoms with Crippen molar-refractivity contribution in [2.75, 3.05) is 23.6 Å². The van der Waals surface area contributed by atoms with E-state index in [2.05, 4.69) is 5.10 Å². The van der Waals surface area contributed by atoms with Gasteiger partial charge in [-0.15, -0.1) is 5.10 Å². The van der Waals surface area contributed by atoms with Gasteiger partial charge in [0.1, 0.15) is 5.75 Å². The predicted molar refractivity (Wildman–Crippen MR) is 129 cm³/mol. The minimum Gasteiger partial charge on any atom is -0.497 e. The van der Waals surface area contributed by atoms with Crippen LogP contribution in [0.4, 0.5) is 17.1 Å². The van der Waals surface area contributed by atoms with Crippen molar-refractivity contribution in [1.29, 1.82) is 0 Å². The van der Waals surface area contributed by atoms with Crippen molar-refractivity contribution in [3.63, 3.8) is 0 Å². The third kappa shape index (κ3) is 4.51. The summed E-state index contributed by atoms with van der Waals surface area (Å²) in [6.45, 7) is 1.90. The summed E-state index contributed by atoms with van der Waals surface area (Å²) < 4.78 is 10.6. The first-order valence-corrected chi connectivity index (χ1v) is 10.8. The number of nitro benzene ring substituents is 1. The maximum atomic E-state index is 12.9. The third-order valence-corrected chi connectivity index (χ3v) is 5.46. The summed E-state index contributed by atoms with van der Waals surface area (Å²) in [4.78, 5) is 25.4. The molecule has 174 valence electrons. The van der Waals surface area contributed by atoms with Crippen molar-refractivity contribution < 1.29 is 19.2 Å². The summed E-state index contributed by atoms with van der Waals surface area (Å²) in [6.07, 6.45) is -0.630. The highest BCUT2D eigenvalue weighted by Gasteiger charge is 2.41. The molecule has 9 nitrogen and oxygen atoms in total. The van der Waals surface area contributed by atoms with Crippen LogP contribution in [0.15, 0.2) is 77.9 Å². The Balaban J connectivity index is 1.88. The molecule has 0 aromatic heterocycles. The summed E-state index contributed by atoms with van der Waals surface area (Å²) in [5.74, 6) is 0.131. The molecule has 0 N–H and O–H groups in total. The fourth-order valence-corrected chi connectivity index (χ4v) is 3.75. The number of halogens is 1. The molecule has 3 aromatic carbocycles. The number of nitrogens with zero attached hydrogens (tertiary/aromatic N) is 4. The lowest BCUT2D eigenvalue weighted by Crippen LogP contribution is -2.39. The molecule has 10 heteroatoms. The summed E-state index contributed by atoms with van der Waals surface area (Å²) in [5.41, 5.74) is 1.97. The number of ether oxygens (including phenoxy) is 2. The van der Waals surface area contributed by atoms with Crippen LogP contribution in [0.5, 0.6) is 5.75 Å². The van der Waals surface area contributed by atoms with Gasteiger partial charge in [0.2, 0.25) is 5.84 Å². The molecule has 4 rings (SSSR count). The minimum atomic E-state index is -0.630. The molecule has 1 atom stereocenters. The Bertz CT molecular complexity index is 1210. The van der Waals surface area contributed by atoms with Crippen LogP contribution in [0.3, 0.4) is 0 Å². The van der Waals surface area contributed by atoms with E-state index in [0.717, 1.165) is 0 Å².